The number of carbonyl (C=O) groups is 1. The molecule has 1 aliphatic rings. The van der Waals surface area contributed by atoms with E-state index >= 15 is 0 Å². The minimum atomic E-state index is 0.0558. The monoisotopic (exact) mass is 322 g/mol. The lowest BCUT2D eigenvalue weighted by Gasteiger charge is -2.12. The van der Waals surface area contributed by atoms with Crippen molar-refractivity contribution < 1.29 is 19.0 Å². The van der Waals surface area contributed by atoms with Gasteiger partial charge in [0.2, 0.25) is 5.91 Å². The Morgan fingerprint density at radius 2 is 2.13 bits per heavy atom. The Morgan fingerprint density at radius 3 is 2.83 bits per heavy atom. The number of hydrogen-bond donors (Lipinski definition) is 2. The summed E-state index contributed by atoms with van der Waals surface area (Å²) in [5.41, 5.74) is 1.09. The average Bonchev–Trinajstić information content (AvgIpc) is 3.10. The summed E-state index contributed by atoms with van der Waals surface area (Å²) in [7, 11) is 3.23. The lowest BCUT2D eigenvalue weighted by molar-refractivity contribution is -0.121. The molecular formula is C17H26N2O4. The number of ether oxygens (including phenoxy) is 3. The van der Waals surface area contributed by atoms with Crippen LogP contribution < -0.4 is 20.1 Å². The molecule has 1 amide bonds. The predicted molar refractivity (Wildman–Crippen MR) is 87.9 cm³/mol. The van der Waals surface area contributed by atoms with E-state index in [1.165, 1.54) is 0 Å². The van der Waals surface area contributed by atoms with E-state index < -0.39 is 0 Å². The molecule has 1 fully saturated rings. The fraction of sp³-hybridized carbons (Fsp3) is 0.588. The minimum absolute atomic E-state index is 0.0558. The third kappa shape index (κ3) is 5.73. The first-order chi connectivity index (χ1) is 11.2. The van der Waals surface area contributed by atoms with Crippen LogP contribution in [-0.4, -0.2) is 45.9 Å². The van der Waals surface area contributed by atoms with Crippen molar-refractivity contribution >= 4 is 5.91 Å². The van der Waals surface area contributed by atoms with E-state index in [4.69, 9.17) is 14.2 Å². The van der Waals surface area contributed by atoms with Crippen LogP contribution in [-0.2, 0) is 16.1 Å². The van der Waals surface area contributed by atoms with Crippen LogP contribution in [0, 0.1) is 0 Å². The summed E-state index contributed by atoms with van der Waals surface area (Å²) < 4.78 is 16.0. The van der Waals surface area contributed by atoms with Crippen molar-refractivity contribution in [3.63, 3.8) is 0 Å². The second kappa shape index (κ2) is 9.37. The molecule has 0 aliphatic carbocycles. The van der Waals surface area contributed by atoms with Gasteiger partial charge in [-0.1, -0.05) is 6.07 Å². The molecule has 2 N–H and O–H groups in total. The fourth-order valence-corrected chi connectivity index (χ4v) is 2.55. The highest BCUT2D eigenvalue weighted by Gasteiger charge is 2.15. The third-order valence-electron chi connectivity index (χ3n) is 3.86. The first-order valence-electron chi connectivity index (χ1n) is 8.03. The largest absolute Gasteiger partial charge is 0.493 e. The van der Waals surface area contributed by atoms with Crippen LogP contribution in [0.1, 0.15) is 24.8 Å². The number of benzene rings is 1. The highest BCUT2D eigenvalue weighted by atomic mass is 16.5. The zero-order valence-electron chi connectivity index (χ0n) is 13.9. The van der Waals surface area contributed by atoms with Gasteiger partial charge in [0.15, 0.2) is 11.5 Å². The summed E-state index contributed by atoms with van der Waals surface area (Å²) in [4.78, 5) is 11.8. The summed E-state index contributed by atoms with van der Waals surface area (Å²) in [5.74, 6) is 1.48. The summed E-state index contributed by atoms with van der Waals surface area (Å²) >= 11 is 0. The Morgan fingerprint density at radius 1 is 1.30 bits per heavy atom. The molecule has 1 aliphatic heterocycles. The van der Waals surface area contributed by atoms with Gasteiger partial charge in [0.05, 0.1) is 20.3 Å². The Kier molecular flexibility index (Phi) is 7.16. The van der Waals surface area contributed by atoms with Crippen molar-refractivity contribution in [1.82, 2.24) is 10.6 Å². The molecule has 1 heterocycles. The normalized spacial score (nSPS) is 17.0. The fourth-order valence-electron chi connectivity index (χ4n) is 2.55. The number of carbonyl (C=O) groups excluding carboxylic acids is 1. The standard InChI is InChI=1S/C17H26N2O4/c1-21-15-6-5-13(10-16(15)22-2)11-18-8-7-17(20)19-12-14-4-3-9-23-14/h5-6,10,14,18H,3-4,7-9,11-12H2,1-2H3,(H,19,20). The van der Waals surface area contributed by atoms with Crippen LogP contribution in [0.15, 0.2) is 18.2 Å². The molecule has 2 rings (SSSR count). The number of amides is 1. The maximum Gasteiger partial charge on any atom is 0.221 e. The highest BCUT2D eigenvalue weighted by molar-refractivity contribution is 5.76. The number of nitrogens with one attached hydrogen (secondary N) is 2. The Hall–Kier alpha value is -1.79. The quantitative estimate of drug-likeness (QED) is 0.674. The predicted octanol–water partition coefficient (Wildman–Crippen LogP) is 1.48. The molecular weight excluding hydrogens is 296 g/mol. The van der Waals surface area contributed by atoms with E-state index in [0.29, 0.717) is 37.6 Å². The van der Waals surface area contributed by atoms with Gasteiger partial charge in [-0.25, -0.2) is 0 Å². The van der Waals surface area contributed by atoms with Gasteiger partial charge in [0.1, 0.15) is 0 Å². The highest BCUT2D eigenvalue weighted by Crippen LogP contribution is 2.27. The van der Waals surface area contributed by atoms with E-state index in [0.717, 1.165) is 25.0 Å². The van der Waals surface area contributed by atoms with Gasteiger partial charge in [-0.3, -0.25) is 4.79 Å². The molecule has 0 radical (unpaired) electrons. The summed E-state index contributed by atoms with van der Waals surface area (Å²) in [6, 6.07) is 5.79. The zero-order valence-corrected chi connectivity index (χ0v) is 13.9. The van der Waals surface area contributed by atoms with Gasteiger partial charge in [0, 0.05) is 32.7 Å². The minimum Gasteiger partial charge on any atom is -0.493 e. The van der Waals surface area contributed by atoms with Crippen LogP contribution in [0.25, 0.3) is 0 Å². The van der Waals surface area contributed by atoms with Crippen molar-refractivity contribution in [3.8, 4) is 11.5 Å². The van der Waals surface area contributed by atoms with Gasteiger partial charge < -0.3 is 24.8 Å². The Bertz CT molecular complexity index is 501. The number of methoxy groups -OCH3 is 2. The Balaban J connectivity index is 1.63. The van der Waals surface area contributed by atoms with Crippen LogP contribution >= 0.6 is 0 Å². The number of hydrogen-bond acceptors (Lipinski definition) is 5. The van der Waals surface area contributed by atoms with Crippen molar-refractivity contribution in [2.45, 2.75) is 31.9 Å². The Labute approximate surface area is 137 Å². The number of rotatable bonds is 9. The molecule has 1 atom stereocenters. The van der Waals surface area contributed by atoms with E-state index in [1.807, 2.05) is 18.2 Å². The molecule has 1 saturated heterocycles. The van der Waals surface area contributed by atoms with Crippen molar-refractivity contribution in [3.05, 3.63) is 23.8 Å². The lowest BCUT2D eigenvalue weighted by Crippen LogP contribution is -2.33. The maximum absolute atomic E-state index is 11.8. The molecule has 1 aromatic rings. The third-order valence-corrected chi connectivity index (χ3v) is 3.86. The zero-order chi connectivity index (χ0) is 16.5. The van der Waals surface area contributed by atoms with E-state index in [2.05, 4.69) is 10.6 Å². The first kappa shape index (κ1) is 17.6. The van der Waals surface area contributed by atoms with Crippen molar-refractivity contribution in [2.24, 2.45) is 0 Å². The topological polar surface area (TPSA) is 68.8 Å². The smallest absolute Gasteiger partial charge is 0.221 e. The van der Waals surface area contributed by atoms with Crippen LogP contribution in [0.5, 0.6) is 11.5 Å². The molecule has 6 nitrogen and oxygen atoms in total. The van der Waals surface area contributed by atoms with Gasteiger partial charge in [-0.2, -0.15) is 0 Å². The molecule has 23 heavy (non-hydrogen) atoms. The van der Waals surface area contributed by atoms with E-state index in [1.54, 1.807) is 14.2 Å². The first-order valence-corrected chi connectivity index (χ1v) is 8.03. The molecule has 0 bridgehead atoms. The van der Waals surface area contributed by atoms with Gasteiger partial charge >= 0.3 is 0 Å². The van der Waals surface area contributed by atoms with Crippen LogP contribution in [0.2, 0.25) is 0 Å². The summed E-state index contributed by atoms with van der Waals surface area (Å²) in [6.07, 6.45) is 2.78. The SMILES string of the molecule is COc1ccc(CNCCC(=O)NCC2CCCO2)cc1OC. The molecule has 128 valence electrons. The van der Waals surface area contributed by atoms with Gasteiger partial charge in [-0.05, 0) is 30.5 Å². The van der Waals surface area contributed by atoms with Crippen LogP contribution in [0.4, 0.5) is 0 Å². The van der Waals surface area contributed by atoms with E-state index in [9.17, 15) is 4.79 Å². The van der Waals surface area contributed by atoms with E-state index in [-0.39, 0.29) is 12.0 Å². The molecule has 1 unspecified atom stereocenters. The van der Waals surface area contributed by atoms with Gasteiger partial charge in [0.25, 0.3) is 0 Å². The molecule has 1 aromatic carbocycles. The second-order valence-corrected chi connectivity index (χ2v) is 5.56. The second-order valence-electron chi connectivity index (χ2n) is 5.56. The molecule has 0 spiro atoms. The van der Waals surface area contributed by atoms with Gasteiger partial charge in [-0.15, -0.1) is 0 Å². The van der Waals surface area contributed by atoms with Crippen LogP contribution in [0.3, 0.4) is 0 Å². The summed E-state index contributed by atoms with van der Waals surface area (Å²) in [6.45, 7) is 2.74. The maximum atomic E-state index is 11.8. The van der Waals surface area contributed by atoms with Crippen molar-refractivity contribution in [2.75, 3.05) is 33.9 Å². The molecule has 0 aromatic heterocycles. The van der Waals surface area contributed by atoms with Crippen molar-refractivity contribution in [1.29, 1.82) is 0 Å². The lowest BCUT2D eigenvalue weighted by atomic mass is 10.2. The summed E-state index contributed by atoms with van der Waals surface area (Å²) in [5, 5.41) is 6.18. The molecule has 6 heteroatoms. The molecule has 0 saturated carbocycles. The average molecular weight is 322 g/mol.